The van der Waals surface area contributed by atoms with Crippen LogP contribution in [0.4, 0.5) is 0 Å². The second-order valence-electron chi connectivity index (χ2n) is 6.26. The summed E-state index contributed by atoms with van der Waals surface area (Å²) in [5.74, 6) is -0.935. The average Bonchev–Trinajstić information content (AvgIpc) is 2.77. The second-order valence-corrected chi connectivity index (χ2v) is 6.26. The molecule has 0 aliphatic carbocycles. The lowest BCUT2D eigenvalue weighted by molar-refractivity contribution is -0.132. The van der Waals surface area contributed by atoms with E-state index in [0.29, 0.717) is 59.5 Å². The van der Waals surface area contributed by atoms with Gasteiger partial charge in [-0.25, -0.2) is 4.79 Å². The van der Waals surface area contributed by atoms with Gasteiger partial charge < -0.3 is 39.0 Å². The first-order valence-corrected chi connectivity index (χ1v) is 10.1. The Labute approximate surface area is 184 Å². The molecule has 0 aromatic heterocycles. The molecule has 1 aromatic carbocycles. The van der Waals surface area contributed by atoms with Crippen molar-refractivity contribution in [2.24, 2.45) is 0 Å². The Morgan fingerprint density at radius 2 is 1.23 bits per heavy atom. The molecule has 0 aliphatic heterocycles. The standard InChI is InChI=1S/C18H30O7.C4H6O2/c19-6-7-21-8-9-22-10-11-23-12-13-24-14-15-25-16-18(20)17-4-2-1-3-5-17;1-3(2)4(5)6/h1-5,18-20H,6-16H2;1H2,2H3,(H,5,6). The lowest BCUT2D eigenvalue weighted by Crippen LogP contribution is -2.14. The molecule has 1 unspecified atom stereocenters. The summed E-state index contributed by atoms with van der Waals surface area (Å²) in [6.07, 6.45) is -0.612. The highest BCUT2D eigenvalue weighted by molar-refractivity contribution is 5.84. The Kier molecular flexibility index (Phi) is 20.1. The number of ether oxygens (including phenoxy) is 5. The van der Waals surface area contributed by atoms with Crippen molar-refractivity contribution in [3.05, 3.63) is 48.0 Å². The van der Waals surface area contributed by atoms with Crippen molar-refractivity contribution >= 4 is 5.97 Å². The normalized spacial score (nSPS) is 11.5. The van der Waals surface area contributed by atoms with Crippen LogP contribution in [0.5, 0.6) is 0 Å². The zero-order valence-corrected chi connectivity index (χ0v) is 18.2. The molecule has 0 saturated heterocycles. The van der Waals surface area contributed by atoms with Gasteiger partial charge >= 0.3 is 5.97 Å². The number of aliphatic hydroxyl groups excluding tert-OH is 2. The lowest BCUT2D eigenvalue weighted by atomic mass is 10.1. The highest BCUT2D eigenvalue weighted by Crippen LogP contribution is 2.11. The number of hydrogen-bond donors (Lipinski definition) is 3. The zero-order chi connectivity index (χ0) is 23.2. The van der Waals surface area contributed by atoms with Crippen LogP contribution >= 0.6 is 0 Å². The minimum absolute atomic E-state index is 0.0295. The number of carboxylic acids is 1. The number of aliphatic carboxylic acids is 1. The van der Waals surface area contributed by atoms with Crippen molar-refractivity contribution in [2.45, 2.75) is 13.0 Å². The van der Waals surface area contributed by atoms with Gasteiger partial charge in [0.15, 0.2) is 0 Å². The fraction of sp³-hybridized carbons (Fsp3) is 0.591. The summed E-state index contributed by atoms with van der Waals surface area (Å²) in [5.41, 5.74) is 1.02. The first-order chi connectivity index (χ1) is 15.0. The van der Waals surface area contributed by atoms with Gasteiger partial charge in [0, 0.05) is 5.57 Å². The minimum Gasteiger partial charge on any atom is -0.478 e. The number of hydrogen-bond acceptors (Lipinski definition) is 8. The molecular weight excluding hydrogens is 408 g/mol. The summed E-state index contributed by atoms with van der Waals surface area (Å²) in [6, 6.07) is 9.42. The Hall–Kier alpha value is -1.85. The van der Waals surface area contributed by atoms with Crippen LogP contribution < -0.4 is 0 Å². The van der Waals surface area contributed by atoms with E-state index in [1.54, 1.807) is 0 Å². The largest absolute Gasteiger partial charge is 0.478 e. The maximum absolute atomic E-state index is 9.91. The highest BCUT2D eigenvalue weighted by Gasteiger charge is 2.06. The van der Waals surface area contributed by atoms with Crippen molar-refractivity contribution < 1.29 is 43.8 Å². The third kappa shape index (κ3) is 19.8. The number of rotatable bonds is 18. The summed E-state index contributed by atoms with van der Waals surface area (Å²) in [7, 11) is 0. The molecule has 3 N–H and O–H groups in total. The highest BCUT2D eigenvalue weighted by atomic mass is 16.6. The van der Waals surface area contributed by atoms with Crippen LogP contribution in [0.3, 0.4) is 0 Å². The van der Waals surface area contributed by atoms with E-state index in [1.807, 2.05) is 30.3 Å². The van der Waals surface area contributed by atoms with Crippen LogP contribution in [-0.2, 0) is 28.5 Å². The van der Waals surface area contributed by atoms with Crippen molar-refractivity contribution in [1.82, 2.24) is 0 Å². The summed E-state index contributed by atoms with van der Waals surface area (Å²) in [5, 5.41) is 26.3. The van der Waals surface area contributed by atoms with Crippen LogP contribution in [0.1, 0.15) is 18.6 Å². The first kappa shape index (κ1) is 29.1. The zero-order valence-electron chi connectivity index (χ0n) is 18.2. The molecule has 1 atom stereocenters. The molecule has 0 bridgehead atoms. The molecule has 0 aliphatic rings. The topological polar surface area (TPSA) is 124 Å². The molecule has 0 spiro atoms. The molecule has 0 fully saturated rings. The number of carbonyl (C=O) groups is 1. The molecule has 9 nitrogen and oxygen atoms in total. The maximum Gasteiger partial charge on any atom is 0.330 e. The summed E-state index contributed by atoms with van der Waals surface area (Å²) in [4.78, 5) is 9.60. The van der Waals surface area contributed by atoms with Crippen LogP contribution in [0.2, 0.25) is 0 Å². The van der Waals surface area contributed by atoms with E-state index in [4.69, 9.17) is 33.9 Å². The van der Waals surface area contributed by atoms with E-state index in [9.17, 15) is 9.90 Å². The van der Waals surface area contributed by atoms with Crippen molar-refractivity contribution in [1.29, 1.82) is 0 Å². The van der Waals surface area contributed by atoms with Crippen LogP contribution in [-0.4, -0.2) is 94.0 Å². The van der Waals surface area contributed by atoms with Gasteiger partial charge in [-0.05, 0) is 12.5 Å². The molecule has 31 heavy (non-hydrogen) atoms. The predicted molar refractivity (Wildman–Crippen MR) is 115 cm³/mol. The van der Waals surface area contributed by atoms with Gasteiger partial charge in [0.1, 0.15) is 6.10 Å². The van der Waals surface area contributed by atoms with Gasteiger partial charge in [0.25, 0.3) is 0 Å². The van der Waals surface area contributed by atoms with Crippen LogP contribution in [0, 0.1) is 0 Å². The molecule has 0 radical (unpaired) electrons. The quantitative estimate of drug-likeness (QED) is 0.228. The Morgan fingerprint density at radius 1 is 0.839 bits per heavy atom. The van der Waals surface area contributed by atoms with Gasteiger partial charge in [0.2, 0.25) is 0 Å². The second kappa shape index (κ2) is 21.4. The fourth-order valence-electron chi connectivity index (χ4n) is 1.91. The molecule has 0 amide bonds. The van der Waals surface area contributed by atoms with Gasteiger partial charge in [-0.2, -0.15) is 0 Å². The first-order valence-electron chi connectivity index (χ1n) is 10.1. The number of carboxylic acid groups (broad SMARTS) is 1. The molecule has 0 saturated carbocycles. The Morgan fingerprint density at radius 3 is 1.61 bits per heavy atom. The SMILES string of the molecule is C=C(C)C(=O)O.OCCOCCOCCOCCOCCOCC(O)c1ccccc1. The molecular formula is C22H36O9. The van der Waals surface area contributed by atoms with E-state index >= 15 is 0 Å². The summed E-state index contributed by atoms with van der Waals surface area (Å²) < 4.78 is 26.4. The molecule has 178 valence electrons. The molecule has 0 heterocycles. The van der Waals surface area contributed by atoms with Gasteiger partial charge in [-0.3, -0.25) is 0 Å². The van der Waals surface area contributed by atoms with Crippen LogP contribution in [0.15, 0.2) is 42.5 Å². The Bertz CT molecular complexity index is 539. The van der Waals surface area contributed by atoms with Gasteiger partial charge in [0.05, 0.1) is 72.7 Å². The summed E-state index contributed by atoms with van der Waals surface area (Å²) in [6.45, 7) is 9.08. The predicted octanol–water partition coefficient (Wildman–Crippen LogP) is 1.44. The third-order valence-corrected chi connectivity index (χ3v) is 3.55. The third-order valence-electron chi connectivity index (χ3n) is 3.55. The lowest BCUT2D eigenvalue weighted by Gasteiger charge is -2.11. The van der Waals surface area contributed by atoms with Gasteiger partial charge in [-0.15, -0.1) is 0 Å². The van der Waals surface area contributed by atoms with Crippen molar-refractivity contribution in [3.8, 4) is 0 Å². The number of aliphatic hydroxyl groups is 2. The monoisotopic (exact) mass is 444 g/mol. The molecule has 1 aromatic rings. The Balaban J connectivity index is 0.00000131. The van der Waals surface area contributed by atoms with Crippen LogP contribution in [0.25, 0.3) is 0 Å². The van der Waals surface area contributed by atoms with Crippen molar-refractivity contribution in [3.63, 3.8) is 0 Å². The van der Waals surface area contributed by atoms with E-state index < -0.39 is 12.1 Å². The van der Waals surface area contributed by atoms with Gasteiger partial charge in [-0.1, -0.05) is 36.9 Å². The van der Waals surface area contributed by atoms with E-state index in [-0.39, 0.29) is 18.8 Å². The van der Waals surface area contributed by atoms with E-state index in [0.717, 1.165) is 5.56 Å². The number of benzene rings is 1. The molecule has 9 heteroatoms. The average molecular weight is 445 g/mol. The van der Waals surface area contributed by atoms with Crippen molar-refractivity contribution in [2.75, 3.05) is 72.7 Å². The van der Waals surface area contributed by atoms with E-state index in [1.165, 1.54) is 6.92 Å². The van der Waals surface area contributed by atoms with E-state index in [2.05, 4.69) is 6.58 Å². The summed E-state index contributed by atoms with van der Waals surface area (Å²) >= 11 is 0. The minimum atomic E-state index is -0.935. The fourth-order valence-corrected chi connectivity index (χ4v) is 1.91. The molecule has 1 rings (SSSR count). The smallest absolute Gasteiger partial charge is 0.330 e. The maximum atomic E-state index is 9.91.